The van der Waals surface area contributed by atoms with E-state index in [9.17, 15) is 24.3 Å². The van der Waals surface area contributed by atoms with Crippen molar-refractivity contribution in [3.05, 3.63) is 99.5 Å². The number of ketones is 2. The van der Waals surface area contributed by atoms with E-state index in [1.54, 1.807) is 54.6 Å². The van der Waals surface area contributed by atoms with Gasteiger partial charge in [-0.25, -0.2) is 0 Å². The summed E-state index contributed by atoms with van der Waals surface area (Å²) in [5.41, 5.74) is -1.52. The molecule has 0 saturated carbocycles. The number of Topliss-reactive ketones (excluding diaryl/α,β-unsaturated/α-hetero) is 2. The van der Waals surface area contributed by atoms with Gasteiger partial charge in [0.05, 0.1) is 12.0 Å². The third-order valence-electron chi connectivity index (χ3n) is 6.39. The highest BCUT2D eigenvalue weighted by Crippen LogP contribution is 2.54. The third kappa shape index (κ3) is 3.63. The molecule has 3 unspecified atom stereocenters. The van der Waals surface area contributed by atoms with Crippen molar-refractivity contribution in [1.29, 1.82) is 0 Å². The molecule has 1 aliphatic carbocycles. The smallest absolute Gasteiger partial charge is 0.311 e. The molecule has 3 atom stereocenters. The van der Waals surface area contributed by atoms with Crippen LogP contribution in [0.4, 0.5) is 5.69 Å². The topological polar surface area (TPSA) is 110 Å². The van der Waals surface area contributed by atoms with Crippen LogP contribution in [-0.2, 0) is 14.3 Å². The molecule has 0 aromatic heterocycles. The number of hydrogen-bond acceptors (Lipinski definition) is 5. The SMILES string of the molecule is O=C(Nc1cccc(Cl)c1)C1C(c2ccc(Cl)cc2)OC2(C(=O)c3ccccc3C2=O)C1C(=O)O. The van der Waals surface area contributed by atoms with Crippen LogP contribution >= 0.6 is 23.2 Å². The van der Waals surface area contributed by atoms with Gasteiger partial charge in [-0.15, -0.1) is 0 Å². The molecule has 1 heterocycles. The van der Waals surface area contributed by atoms with E-state index in [1.807, 2.05) is 0 Å². The Hall–Kier alpha value is -3.52. The number of rotatable bonds is 4. The number of carbonyl (C=O) groups is 4. The maximum Gasteiger partial charge on any atom is 0.311 e. The average molecular weight is 510 g/mol. The molecule has 0 radical (unpaired) electrons. The van der Waals surface area contributed by atoms with Gasteiger partial charge in [0, 0.05) is 26.9 Å². The first kappa shape index (κ1) is 23.2. The van der Waals surface area contributed by atoms with Gasteiger partial charge in [-0.1, -0.05) is 65.7 Å². The van der Waals surface area contributed by atoms with Crippen molar-refractivity contribution in [3.63, 3.8) is 0 Å². The molecule has 9 heteroatoms. The minimum absolute atomic E-state index is 0.0644. The Kier molecular flexibility index (Phi) is 5.71. The highest BCUT2D eigenvalue weighted by atomic mass is 35.5. The average Bonchev–Trinajstić information content (AvgIpc) is 3.30. The van der Waals surface area contributed by atoms with Crippen molar-refractivity contribution in [2.45, 2.75) is 11.7 Å². The summed E-state index contributed by atoms with van der Waals surface area (Å²) in [5, 5.41) is 13.7. The van der Waals surface area contributed by atoms with Crippen LogP contribution in [0.5, 0.6) is 0 Å². The van der Waals surface area contributed by atoms with Gasteiger partial charge in [0.1, 0.15) is 5.92 Å². The van der Waals surface area contributed by atoms with E-state index in [0.29, 0.717) is 21.3 Å². The second kappa shape index (κ2) is 8.61. The second-order valence-corrected chi connectivity index (χ2v) is 9.24. The van der Waals surface area contributed by atoms with E-state index in [-0.39, 0.29) is 11.1 Å². The Bertz CT molecular complexity index is 1350. The molecule has 1 fully saturated rings. The zero-order chi connectivity index (χ0) is 24.9. The van der Waals surface area contributed by atoms with Gasteiger partial charge in [-0.3, -0.25) is 19.2 Å². The molecule has 7 nitrogen and oxygen atoms in total. The number of aliphatic carboxylic acids is 1. The van der Waals surface area contributed by atoms with Crippen LogP contribution in [0.1, 0.15) is 32.4 Å². The minimum Gasteiger partial charge on any atom is -0.481 e. The summed E-state index contributed by atoms with van der Waals surface area (Å²) < 4.78 is 6.10. The maximum absolute atomic E-state index is 13.6. The molecule has 1 amide bonds. The predicted molar refractivity (Wildman–Crippen MR) is 128 cm³/mol. The molecule has 2 N–H and O–H groups in total. The lowest BCUT2D eigenvalue weighted by atomic mass is 9.75. The lowest BCUT2D eigenvalue weighted by Crippen LogP contribution is -2.52. The monoisotopic (exact) mass is 509 g/mol. The van der Waals surface area contributed by atoms with Crippen LogP contribution in [0, 0.1) is 11.8 Å². The number of halogens is 2. The lowest BCUT2D eigenvalue weighted by Gasteiger charge is -2.25. The molecular formula is C26H17Cl2NO6. The first-order chi connectivity index (χ1) is 16.7. The molecule has 0 bridgehead atoms. The molecular weight excluding hydrogens is 493 g/mol. The standard InChI is InChI=1S/C26H17Cl2NO6/c27-14-10-8-13(9-11-14)21-19(24(32)29-16-5-3-4-15(28)12-16)20(25(33)34)26(35-21)22(30)17-6-1-2-7-18(17)23(26)31/h1-12,19-21H,(H,29,32)(H,33,34). The third-order valence-corrected chi connectivity index (χ3v) is 6.87. The zero-order valence-corrected chi connectivity index (χ0v) is 19.4. The summed E-state index contributed by atoms with van der Waals surface area (Å²) in [6.45, 7) is 0. The fourth-order valence-corrected chi connectivity index (χ4v) is 5.20. The Morgan fingerprint density at radius 1 is 0.857 bits per heavy atom. The zero-order valence-electron chi connectivity index (χ0n) is 17.9. The van der Waals surface area contributed by atoms with E-state index in [4.69, 9.17) is 27.9 Å². The number of fused-ring (bicyclic) bond motifs is 1. The molecule has 1 saturated heterocycles. The van der Waals surface area contributed by atoms with Gasteiger partial charge in [-0.2, -0.15) is 0 Å². The highest BCUT2D eigenvalue weighted by molar-refractivity contribution is 6.34. The minimum atomic E-state index is -2.38. The molecule has 1 aliphatic heterocycles. The lowest BCUT2D eigenvalue weighted by molar-refractivity contribution is -0.147. The van der Waals surface area contributed by atoms with Crippen molar-refractivity contribution >= 4 is 52.3 Å². The van der Waals surface area contributed by atoms with Crippen molar-refractivity contribution in [3.8, 4) is 0 Å². The molecule has 35 heavy (non-hydrogen) atoms. The summed E-state index contributed by atoms with van der Waals surface area (Å²) >= 11 is 12.0. The van der Waals surface area contributed by atoms with Crippen molar-refractivity contribution in [1.82, 2.24) is 0 Å². The van der Waals surface area contributed by atoms with Gasteiger partial charge >= 0.3 is 5.97 Å². The van der Waals surface area contributed by atoms with Crippen LogP contribution in [0.3, 0.4) is 0 Å². The fraction of sp³-hybridized carbons (Fsp3) is 0.154. The van der Waals surface area contributed by atoms with Crippen LogP contribution in [0.15, 0.2) is 72.8 Å². The number of anilines is 1. The molecule has 3 aromatic rings. The number of amides is 1. The van der Waals surface area contributed by atoms with Crippen molar-refractivity contribution in [2.75, 3.05) is 5.32 Å². The van der Waals surface area contributed by atoms with Crippen LogP contribution in [-0.4, -0.2) is 34.2 Å². The number of carboxylic acid groups (broad SMARTS) is 1. The van der Waals surface area contributed by atoms with E-state index in [0.717, 1.165) is 0 Å². The number of carbonyl (C=O) groups excluding carboxylic acids is 3. The summed E-state index contributed by atoms with van der Waals surface area (Å²) in [4.78, 5) is 53.4. The van der Waals surface area contributed by atoms with Gasteiger partial charge < -0.3 is 15.2 Å². The molecule has 1 spiro atoms. The Morgan fingerprint density at radius 2 is 1.49 bits per heavy atom. The number of benzene rings is 3. The van der Waals surface area contributed by atoms with Crippen LogP contribution < -0.4 is 5.32 Å². The Balaban J connectivity index is 1.65. The van der Waals surface area contributed by atoms with Crippen LogP contribution in [0.2, 0.25) is 10.0 Å². The highest BCUT2D eigenvalue weighted by Gasteiger charge is 2.71. The fourth-order valence-electron chi connectivity index (χ4n) is 4.88. The number of ether oxygens (including phenoxy) is 1. The molecule has 5 rings (SSSR count). The quantitative estimate of drug-likeness (QED) is 0.487. The Morgan fingerprint density at radius 3 is 2.06 bits per heavy atom. The normalized spacial score (nSPS) is 22.3. The van der Waals surface area contributed by atoms with E-state index in [1.165, 1.54) is 18.2 Å². The largest absolute Gasteiger partial charge is 0.481 e. The van der Waals surface area contributed by atoms with Gasteiger partial charge in [0.2, 0.25) is 23.1 Å². The number of carboxylic acids is 1. The maximum atomic E-state index is 13.6. The number of nitrogens with one attached hydrogen (secondary N) is 1. The predicted octanol–water partition coefficient (Wildman–Crippen LogP) is 4.84. The molecule has 176 valence electrons. The Labute approximate surface area is 209 Å². The van der Waals surface area contributed by atoms with E-state index < -0.39 is 47.0 Å². The van der Waals surface area contributed by atoms with Crippen molar-refractivity contribution in [2.24, 2.45) is 11.8 Å². The van der Waals surface area contributed by atoms with Crippen molar-refractivity contribution < 1.29 is 29.0 Å². The van der Waals surface area contributed by atoms with E-state index in [2.05, 4.69) is 5.32 Å². The number of hydrogen-bond donors (Lipinski definition) is 2. The van der Waals surface area contributed by atoms with Gasteiger partial charge in [0.25, 0.3) is 0 Å². The second-order valence-electron chi connectivity index (χ2n) is 8.37. The summed E-state index contributed by atoms with van der Waals surface area (Å²) in [6, 6.07) is 18.6. The summed E-state index contributed by atoms with van der Waals surface area (Å²) in [7, 11) is 0. The summed E-state index contributed by atoms with van der Waals surface area (Å²) in [6.07, 6.45) is -1.21. The first-order valence-electron chi connectivity index (χ1n) is 10.6. The van der Waals surface area contributed by atoms with Gasteiger partial charge in [0.15, 0.2) is 0 Å². The first-order valence-corrected chi connectivity index (χ1v) is 11.4. The summed E-state index contributed by atoms with van der Waals surface area (Å²) in [5.74, 6) is -6.98. The molecule has 2 aliphatic rings. The van der Waals surface area contributed by atoms with Crippen LogP contribution in [0.25, 0.3) is 0 Å². The van der Waals surface area contributed by atoms with E-state index >= 15 is 0 Å². The molecule has 3 aromatic carbocycles. The van der Waals surface area contributed by atoms with Gasteiger partial charge in [-0.05, 0) is 35.9 Å².